The van der Waals surface area contributed by atoms with Gasteiger partial charge < -0.3 is 20.7 Å². The lowest BCUT2D eigenvalue weighted by atomic mass is 10.1. The Kier molecular flexibility index (Phi) is 5.63. The summed E-state index contributed by atoms with van der Waals surface area (Å²) in [5, 5.41) is 7.98. The Morgan fingerprint density at radius 2 is 1.86 bits per heavy atom. The minimum Gasteiger partial charge on any atom is -0.491 e. The molecule has 0 bridgehead atoms. The van der Waals surface area contributed by atoms with Crippen LogP contribution in [-0.4, -0.2) is 37.7 Å². The topological polar surface area (TPSA) is 79.5 Å². The first kappa shape index (κ1) is 16.1. The Bertz CT molecular complexity index is 521. The highest BCUT2D eigenvalue weighted by molar-refractivity contribution is 5.84. The molecule has 3 N–H and O–H groups in total. The van der Waals surface area contributed by atoms with Crippen LogP contribution >= 0.6 is 0 Å². The zero-order valence-corrected chi connectivity index (χ0v) is 13.1. The van der Waals surface area contributed by atoms with Crippen LogP contribution in [0.4, 0.5) is 4.79 Å². The first-order valence-corrected chi connectivity index (χ1v) is 7.56. The van der Waals surface area contributed by atoms with Gasteiger partial charge in [-0.15, -0.1) is 0 Å². The quantitative estimate of drug-likeness (QED) is 0.664. The fraction of sp³-hybridized carbons (Fsp3) is 0.500. The Morgan fingerprint density at radius 1 is 1.18 bits per heavy atom. The highest BCUT2D eigenvalue weighted by atomic mass is 16.5. The number of hydrogen-bond acceptors (Lipinski definition) is 3. The molecule has 22 heavy (non-hydrogen) atoms. The van der Waals surface area contributed by atoms with Gasteiger partial charge in [0.05, 0.1) is 13.1 Å². The number of ether oxygens (including phenoxy) is 1. The van der Waals surface area contributed by atoms with Crippen molar-refractivity contribution in [2.24, 2.45) is 0 Å². The van der Waals surface area contributed by atoms with Crippen molar-refractivity contribution in [3.8, 4) is 5.75 Å². The maximum Gasteiger partial charge on any atom is 0.315 e. The number of rotatable bonds is 7. The Labute approximate surface area is 130 Å². The normalized spacial score (nSPS) is 13.4. The van der Waals surface area contributed by atoms with E-state index in [4.69, 9.17) is 4.74 Å². The van der Waals surface area contributed by atoms with Gasteiger partial charge in [-0.3, -0.25) is 4.79 Å². The molecule has 6 heteroatoms. The number of amides is 3. The van der Waals surface area contributed by atoms with Gasteiger partial charge in [0.1, 0.15) is 12.4 Å². The Morgan fingerprint density at radius 3 is 2.50 bits per heavy atom. The number of urea groups is 1. The average Bonchev–Trinajstić information content (AvgIpc) is 3.28. The molecular formula is C16H23N3O3. The highest BCUT2D eigenvalue weighted by Gasteiger charge is 2.23. The molecule has 6 nitrogen and oxygen atoms in total. The van der Waals surface area contributed by atoms with E-state index in [-0.39, 0.29) is 18.5 Å². The van der Waals surface area contributed by atoms with Gasteiger partial charge in [-0.05, 0) is 37.8 Å². The van der Waals surface area contributed by atoms with Crippen LogP contribution < -0.4 is 20.7 Å². The van der Waals surface area contributed by atoms with E-state index >= 15 is 0 Å². The summed E-state index contributed by atoms with van der Waals surface area (Å²) in [5.41, 5.74) is 2.14. The fourth-order valence-corrected chi connectivity index (χ4v) is 2.07. The second kappa shape index (κ2) is 7.68. The van der Waals surface area contributed by atoms with Gasteiger partial charge in [-0.25, -0.2) is 4.79 Å². The summed E-state index contributed by atoms with van der Waals surface area (Å²) < 4.78 is 5.68. The van der Waals surface area contributed by atoms with Crippen LogP contribution in [-0.2, 0) is 4.79 Å². The molecule has 0 saturated heterocycles. The van der Waals surface area contributed by atoms with E-state index in [1.54, 1.807) is 0 Å². The predicted molar refractivity (Wildman–Crippen MR) is 84.0 cm³/mol. The largest absolute Gasteiger partial charge is 0.491 e. The monoisotopic (exact) mass is 305 g/mol. The van der Waals surface area contributed by atoms with E-state index < -0.39 is 0 Å². The molecule has 0 heterocycles. The van der Waals surface area contributed by atoms with Crippen molar-refractivity contribution >= 4 is 11.9 Å². The van der Waals surface area contributed by atoms with Crippen LogP contribution in [0.2, 0.25) is 0 Å². The standard InChI is InChI=1S/C16H23N3O3/c1-11-4-3-5-12(2)15(11)22-9-8-17-16(21)18-10-14(20)19-13-6-7-13/h3-5,13H,6-10H2,1-2H3,(H,19,20)(H2,17,18,21). The van der Waals surface area contributed by atoms with Crippen molar-refractivity contribution in [3.63, 3.8) is 0 Å². The molecule has 1 aliphatic carbocycles. The number of aryl methyl sites for hydroxylation is 2. The summed E-state index contributed by atoms with van der Waals surface area (Å²) in [4.78, 5) is 22.9. The van der Waals surface area contributed by atoms with Crippen LogP contribution in [0.5, 0.6) is 5.75 Å². The Hall–Kier alpha value is -2.24. The zero-order chi connectivity index (χ0) is 15.9. The number of para-hydroxylation sites is 1. The number of nitrogens with one attached hydrogen (secondary N) is 3. The summed E-state index contributed by atoms with van der Waals surface area (Å²) >= 11 is 0. The fourth-order valence-electron chi connectivity index (χ4n) is 2.07. The van der Waals surface area contributed by atoms with Crippen LogP contribution in [0.3, 0.4) is 0 Å². The van der Waals surface area contributed by atoms with Crippen molar-refractivity contribution in [2.45, 2.75) is 32.7 Å². The molecular weight excluding hydrogens is 282 g/mol. The van der Waals surface area contributed by atoms with Gasteiger partial charge in [0.25, 0.3) is 0 Å². The summed E-state index contributed by atoms with van der Waals surface area (Å²) in [6, 6.07) is 5.90. The van der Waals surface area contributed by atoms with E-state index in [9.17, 15) is 9.59 Å². The second-order valence-corrected chi connectivity index (χ2v) is 5.52. The van der Waals surface area contributed by atoms with E-state index in [0.29, 0.717) is 19.2 Å². The molecule has 2 rings (SSSR count). The summed E-state index contributed by atoms with van der Waals surface area (Å²) in [5.74, 6) is 0.706. The molecule has 1 saturated carbocycles. The van der Waals surface area contributed by atoms with Gasteiger partial charge in [0, 0.05) is 6.04 Å². The third-order valence-electron chi connectivity index (χ3n) is 3.39. The minimum atomic E-state index is -0.365. The van der Waals surface area contributed by atoms with Crippen molar-refractivity contribution in [1.82, 2.24) is 16.0 Å². The molecule has 0 atom stereocenters. The number of carbonyl (C=O) groups is 2. The van der Waals surface area contributed by atoms with Crippen molar-refractivity contribution in [1.29, 1.82) is 0 Å². The number of benzene rings is 1. The summed E-state index contributed by atoms with van der Waals surface area (Å²) in [7, 11) is 0. The van der Waals surface area contributed by atoms with E-state index in [1.807, 2.05) is 32.0 Å². The highest BCUT2D eigenvalue weighted by Crippen LogP contribution is 2.21. The van der Waals surface area contributed by atoms with Crippen LogP contribution in [0.25, 0.3) is 0 Å². The van der Waals surface area contributed by atoms with Crippen molar-refractivity contribution in [3.05, 3.63) is 29.3 Å². The van der Waals surface area contributed by atoms with E-state index in [0.717, 1.165) is 29.7 Å². The number of carbonyl (C=O) groups excluding carboxylic acids is 2. The maximum atomic E-state index is 11.5. The molecule has 1 aromatic carbocycles. The summed E-state index contributed by atoms with van der Waals surface area (Å²) in [6.45, 7) is 4.74. The van der Waals surface area contributed by atoms with Gasteiger partial charge in [0.2, 0.25) is 5.91 Å². The second-order valence-electron chi connectivity index (χ2n) is 5.52. The average molecular weight is 305 g/mol. The van der Waals surface area contributed by atoms with Gasteiger partial charge in [-0.1, -0.05) is 18.2 Å². The lowest BCUT2D eigenvalue weighted by molar-refractivity contribution is -0.120. The predicted octanol–water partition coefficient (Wildman–Crippen LogP) is 1.26. The molecule has 0 radical (unpaired) electrons. The summed E-state index contributed by atoms with van der Waals surface area (Å²) in [6.07, 6.45) is 2.07. The van der Waals surface area contributed by atoms with Gasteiger partial charge in [0.15, 0.2) is 0 Å². The molecule has 0 aliphatic heterocycles. The van der Waals surface area contributed by atoms with E-state index in [1.165, 1.54) is 0 Å². The molecule has 3 amide bonds. The minimum absolute atomic E-state index is 0.0000913. The molecule has 1 aromatic rings. The third-order valence-corrected chi connectivity index (χ3v) is 3.39. The van der Waals surface area contributed by atoms with Crippen molar-refractivity contribution in [2.75, 3.05) is 19.7 Å². The van der Waals surface area contributed by atoms with Crippen molar-refractivity contribution < 1.29 is 14.3 Å². The lowest BCUT2D eigenvalue weighted by Gasteiger charge is -2.12. The lowest BCUT2D eigenvalue weighted by Crippen LogP contribution is -2.43. The molecule has 0 unspecified atom stereocenters. The number of hydrogen-bond donors (Lipinski definition) is 3. The van der Waals surface area contributed by atoms with Crippen LogP contribution in [0.15, 0.2) is 18.2 Å². The van der Waals surface area contributed by atoms with Crippen LogP contribution in [0.1, 0.15) is 24.0 Å². The molecule has 1 fully saturated rings. The third kappa shape index (κ3) is 5.27. The molecule has 120 valence electrons. The van der Waals surface area contributed by atoms with E-state index in [2.05, 4.69) is 16.0 Å². The molecule has 0 spiro atoms. The smallest absolute Gasteiger partial charge is 0.315 e. The first-order valence-electron chi connectivity index (χ1n) is 7.56. The van der Waals surface area contributed by atoms with Gasteiger partial charge in [-0.2, -0.15) is 0 Å². The zero-order valence-electron chi connectivity index (χ0n) is 13.1. The maximum absolute atomic E-state index is 11.5. The Balaban J connectivity index is 1.59. The molecule has 1 aliphatic rings. The van der Waals surface area contributed by atoms with Crippen LogP contribution in [0, 0.1) is 13.8 Å². The molecule has 0 aromatic heterocycles. The first-order chi connectivity index (χ1) is 10.6. The SMILES string of the molecule is Cc1cccc(C)c1OCCNC(=O)NCC(=O)NC1CC1. The van der Waals surface area contributed by atoms with Gasteiger partial charge >= 0.3 is 6.03 Å².